The quantitative estimate of drug-likeness (QED) is 0.474. The van der Waals surface area contributed by atoms with Crippen molar-refractivity contribution in [1.82, 2.24) is 0 Å². The van der Waals surface area contributed by atoms with Crippen molar-refractivity contribution in [1.29, 1.82) is 5.26 Å². The molecule has 1 amide bonds. The molecule has 152 valence electrons. The molecule has 0 aliphatic rings. The van der Waals surface area contributed by atoms with Crippen LogP contribution in [0.25, 0.3) is 10.8 Å². The third-order valence-electron chi connectivity index (χ3n) is 5.10. The molecular weight excluding hydrogens is 444 g/mol. The molecule has 30 heavy (non-hydrogen) atoms. The number of aliphatic carboxylic acids is 1. The van der Waals surface area contributed by atoms with Gasteiger partial charge in [0.25, 0.3) is 0 Å². The Morgan fingerprint density at radius 2 is 1.87 bits per heavy atom. The third kappa shape index (κ3) is 4.87. The second-order valence-electron chi connectivity index (χ2n) is 7.12. The molecule has 0 aliphatic heterocycles. The number of anilines is 1. The first-order chi connectivity index (χ1) is 14.4. The molecule has 2 N–H and O–H groups in total. The maximum absolute atomic E-state index is 13.1. The summed E-state index contributed by atoms with van der Waals surface area (Å²) in [5, 5.41) is 23.1. The van der Waals surface area contributed by atoms with Crippen LogP contribution >= 0.6 is 15.9 Å². The number of carbonyl (C=O) groups excluding carboxylic acids is 1. The van der Waals surface area contributed by atoms with E-state index < -0.39 is 11.9 Å². The summed E-state index contributed by atoms with van der Waals surface area (Å²) in [5.41, 5.74) is 2.72. The van der Waals surface area contributed by atoms with Gasteiger partial charge in [0, 0.05) is 16.6 Å². The topological polar surface area (TPSA) is 90.2 Å². The van der Waals surface area contributed by atoms with Crippen molar-refractivity contribution in [2.24, 2.45) is 0 Å². The van der Waals surface area contributed by atoms with Crippen LogP contribution in [0.4, 0.5) is 5.69 Å². The molecule has 0 aromatic heterocycles. The van der Waals surface area contributed by atoms with Gasteiger partial charge in [0.15, 0.2) is 0 Å². The van der Waals surface area contributed by atoms with Gasteiger partial charge in [0.1, 0.15) is 0 Å². The van der Waals surface area contributed by atoms with Crippen molar-refractivity contribution < 1.29 is 14.7 Å². The van der Waals surface area contributed by atoms with E-state index >= 15 is 0 Å². The van der Waals surface area contributed by atoms with Crippen LogP contribution < -0.4 is 5.32 Å². The predicted octanol–water partition coefficient (Wildman–Crippen LogP) is 5.62. The van der Waals surface area contributed by atoms with Crippen LogP contribution in [-0.2, 0) is 16.0 Å². The maximum Gasteiger partial charge on any atom is 0.303 e. The number of fused-ring (bicyclic) bond motifs is 1. The molecule has 3 aromatic rings. The largest absolute Gasteiger partial charge is 0.481 e. The number of carbonyl (C=O) groups is 2. The van der Waals surface area contributed by atoms with Crippen LogP contribution in [-0.4, -0.2) is 17.0 Å². The number of hydrogen-bond acceptors (Lipinski definition) is 3. The second-order valence-corrected chi connectivity index (χ2v) is 7.98. The van der Waals surface area contributed by atoms with Gasteiger partial charge in [-0.25, -0.2) is 0 Å². The van der Waals surface area contributed by atoms with Gasteiger partial charge in [-0.3, -0.25) is 9.59 Å². The number of carboxylic acid groups (broad SMARTS) is 1. The van der Waals surface area contributed by atoms with E-state index in [1.54, 1.807) is 18.2 Å². The fourth-order valence-corrected chi connectivity index (χ4v) is 3.93. The number of nitriles is 1. The van der Waals surface area contributed by atoms with Crippen LogP contribution in [0.5, 0.6) is 0 Å². The molecule has 3 rings (SSSR count). The van der Waals surface area contributed by atoms with E-state index in [9.17, 15) is 14.9 Å². The highest BCUT2D eigenvalue weighted by Gasteiger charge is 2.20. The van der Waals surface area contributed by atoms with Crippen molar-refractivity contribution in [2.45, 2.75) is 32.1 Å². The smallest absolute Gasteiger partial charge is 0.303 e. The molecule has 0 bridgehead atoms. The molecule has 0 fully saturated rings. The van der Waals surface area contributed by atoms with Crippen molar-refractivity contribution in [3.8, 4) is 6.07 Å². The Morgan fingerprint density at radius 3 is 2.57 bits per heavy atom. The first-order valence-corrected chi connectivity index (χ1v) is 10.4. The first kappa shape index (κ1) is 21.5. The highest BCUT2D eigenvalue weighted by molar-refractivity contribution is 9.10. The van der Waals surface area contributed by atoms with E-state index in [1.165, 1.54) is 0 Å². The van der Waals surface area contributed by atoms with E-state index in [2.05, 4.69) is 27.3 Å². The first-order valence-electron chi connectivity index (χ1n) is 9.63. The monoisotopic (exact) mass is 464 g/mol. The van der Waals surface area contributed by atoms with E-state index in [0.29, 0.717) is 24.1 Å². The average molecular weight is 465 g/mol. The molecule has 0 radical (unpaired) electrons. The van der Waals surface area contributed by atoms with Crippen LogP contribution in [0.3, 0.4) is 0 Å². The van der Waals surface area contributed by atoms with Crippen LogP contribution in [0.2, 0.25) is 0 Å². The Balaban J connectivity index is 1.87. The average Bonchev–Trinajstić information content (AvgIpc) is 2.74. The lowest BCUT2D eigenvalue weighted by atomic mass is 9.94. The number of nitrogens with zero attached hydrogens (tertiary/aromatic N) is 1. The van der Waals surface area contributed by atoms with Gasteiger partial charge in [-0.15, -0.1) is 0 Å². The molecule has 0 unspecified atom stereocenters. The summed E-state index contributed by atoms with van der Waals surface area (Å²) in [6, 6.07) is 19.0. The van der Waals surface area contributed by atoms with Crippen LogP contribution in [0.15, 0.2) is 59.1 Å². The van der Waals surface area contributed by atoms with Gasteiger partial charge < -0.3 is 10.4 Å². The van der Waals surface area contributed by atoms with Crippen molar-refractivity contribution in [2.75, 3.05) is 5.32 Å². The van der Waals surface area contributed by atoms with Gasteiger partial charge in [0.2, 0.25) is 5.91 Å². The van der Waals surface area contributed by atoms with E-state index in [-0.39, 0.29) is 12.3 Å². The zero-order valence-corrected chi connectivity index (χ0v) is 18.1. The molecule has 1 atom stereocenters. The van der Waals surface area contributed by atoms with Crippen molar-refractivity contribution in [3.05, 3.63) is 75.8 Å². The normalized spacial score (nSPS) is 11.6. The van der Waals surface area contributed by atoms with E-state index in [1.807, 2.05) is 43.3 Å². The Hall–Kier alpha value is -3.17. The summed E-state index contributed by atoms with van der Waals surface area (Å²) in [7, 11) is 0. The highest BCUT2D eigenvalue weighted by Crippen LogP contribution is 2.32. The number of carboxylic acids is 1. The molecule has 5 nitrogen and oxygen atoms in total. The summed E-state index contributed by atoms with van der Waals surface area (Å²) < 4.78 is 0.969. The number of halogens is 1. The number of rotatable bonds is 7. The number of amides is 1. The SMILES string of the molecule is C[C@@H](C(=O)Nc1cc(C#N)ccc1CCCC(=O)O)c1ccc(Br)c2ccccc12. The standard InChI is InChI=1S/C24H21BrN2O3/c1-15(18-11-12-21(25)20-7-3-2-6-19(18)20)24(30)27-22-13-16(14-26)9-10-17(22)5-4-8-23(28)29/h2-3,6-7,9-13,15H,4-5,8H2,1H3,(H,27,30)(H,28,29)/t15-/m1/s1. The number of aryl methyl sites for hydroxylation is 1. The Labute approximate surface area is 183 Å². The summed E-state index contributed by atoms with van der Waals surface area (Å²) in [6.45, 7) is 1.85. The van der Waals surface area contributed by atoms with Crippen molar-refractivity contribution in [3.63, 3.8) is 0 Å². The van der Waals surface area contributed by atoms with E-state index in [0.717, 1.165) is 26.4 Å². The van der Waals surface area contributed by atoms with E-state index in [4.69, 9.17) is 5.11 Å². The molecule has 0 aliphatic carbocycles. The minimum atomic E-state index is -0.857. The number of nitrogens with one attached hydrogen (secondary N) is 1. The van der Waals surface area contributed by atoms with Gasteiger partial charge in [-0.2, -0.15) is 5.26 Å². The fourth-order valence-electron chi connectivity index (χ4n) is 3.46. The molecule has 0 saturated heterocycles. The Bertz CT molecular complexity index is 1150. The molecule has 0 heterocycles. The predicted molar refractivity (Wildman–Crippen MR) is 120 cm³/mol. The van der Waals surface area contributed by atoms with Crippen LogP contribution in [0, 0.1) is 11.3 Å². The lowest BCUT2D eigenvalue weighted by Crippen LogP contribution is -2.20. The summed E-state index contributed by atoms with van der Waals surface area (Å²) in [4.78, 5) is 23.9. The molecule has 6 heteroatoms. The minimum Gasteiger partial charge on any atom is -0.481 e. The lowest BCUT2D eigenvalue weighted by molar-refractivity contribution is -0.137. The Kier molecular flexibility index (Phi) is 6.86. The molecule has 0 saturated carbocycles. The van der Waals surface area contributed by atoms with Gasteiger partial charge in [0.05, 0.1) is 17.6 Å². The zero-order valence-electron chi connectivity index (χ0n) is 16.5. The fraction of sp³-hybridized carbons (Fsp3) is 0.208. The Morgan fingerprint density at radius 1 is 1.13 bits per heavy atom. The maximum atomic E-state index is 13.1. The summed E-state index contributed by atoms with van der Waals surface area (Å²) in [5.74, 6) is -1.46. The van der Waals surface area contributed by atoms with Gasteiger partial charge in [-0.1, -0.05) is 52.3 Å². The number of hydrogen-bond donors (Lipinski definition) is 2. The second kappa shape index (κ2) is 9.55. The zero-order chi connectivity index (χ0) is 21.7. The third-order valence-corrected chi connectivity index (χ3v) is 5.79. The van der Waals surface area contributed by atoms with Crippen molar-refractivity contribution >= 4 is 44.3 Å². The molecular formula is C24H21BrN2O3. The molecule has 0 spiro atoms. The van der Waals surface area contributed by atoms with Crippen LogP contribution in [0.1, 0.15) is 42.4 Å². The highest BCUT2D eigenvalue weighted by atomic mass is 79.9. The summed E-state index contributed by atoms with van der Waals surface area (Å²) in [6.07, 6.45) is 1.01. The summed E-state index contributed by atoms with van der Waals surface area (Å²) >= 11 is 3.56. The van der Waals surface area contributed by atoms with Gasteiger partial charge in [-0.05, 0) is 59.9 Å². The molecule has 3 aromatic carbocycles. The minimum absolute atomic E-state index is 0.0503. The van der Waals surface area contributed by atoms with Gasteiger partial charge >= 0.3 is 5.97 Å². The lowest BCUT2D eigenvalue weighted by Gasteiger charge is -2.17. The number of benzene rings is 3.